The number of hydrogen-bond acceptors (Lipinski definition) is 5. The first-order chi connectivity index (χ1) is 9.13. The number of carbonyl (C=O) groups excluding carboxylic acids is 1. The minimum absolute atomic E-state index is 0.0701. The predicted molar refractivity (Wildman–Crippen MR) is 66.5 cm³/mol. The second kappa shape index (κ2) is 4.38. The van der Waals surface area contributed by atoms with Crippen molar-refractivity contribution in [2.75, 3.05) is 6.61 Å². The van der Waals surface area contributed by atoms with E-state index in [1.165, 1.54) is 6.92 Å². The fourth-order valence-corrected chi connectivity index (χ4v) is 2.13. The molecule has 0 saturated carbocycles. The van der Waals surface area contributed by atoms with E-state index < -0.39 is 0 Å². The Kier molecular flexibility index (Phi) is 2.70. The number of nitrogens with zero attached hydrogens (tertiary/aromatic N) is 2. The summed E-state index contributed by atoms with van der Waals surface area (Å²) in [6.07, 6.45) is 0. The summed E-state index contributed by atoms with van der Waals surface area (Å²) in [5.74, 6) is 1.73. The van der Waals surface area contributed by atoms with E-state index in [1.807, 2.05) is 18.2 Å². The number of fused-ring (bicyclic) bond motifs is 1. The van der Waals surface area contributed by atoms with Gasteiger partial charge in [-0.15, -0.1) is 0 Å². The second-order valence-electron chi connectivity index (χ2n) is 4.45. The minimum Gasteiger partial charge on any atom is -0.491 e. The van der Waals surface area contributed by atoms with Gasteiger partial charge in [-0.3, -0.25) is 4.79 Å². The molecule has 1 aromatic heterocycles. The first kappa shape index (κ1) is 11.7. The van der Waals surface area contributed by atoms with Crippen molar-refractivity contribution in [3.8, 4) is 17.1 Å². The molecule has 1 atom stereocenters. The van der Waals surface area contributed by atoms with Crippen LogP contribution in [0, 0.1) is 6.92 Å². The summed E-state index contributed by atoms with van der Waals surface area (Å²) < 4.78 is 10.5. The van der Waals surface area contributed by atoms with Gasteiger partial charge >= 0.3 is 0 Å². The molecule has 2 heterocycles. The zero-order valence-corrected chi connectivity index (χ0v) is 10.6. The third-order valence-electron chi connectivity index (χ3n) is 2.96. The third-order valence-corrected chi connectivity index (χ3v) is 2.96. The SMILES string of the molecule is CC(=O)N[C@@H]1COc2cc(-c3noc(C)n3)ccc21. The Hall–Kier alpha value is -2.37. The van der Waals surface area contributed by atoms with Crippen molar-refractivity contribution in [1.29, 1.82) is 0 Å². The molecule has 0 spiro atoms. The smallest absolute Gasteiger partial charge is 0.223 e. The Morgan fingerprint density at radius 1 is 1.47 bits per heavy atom. The Bertz CT molecular complexity index is 636. The summed E-state index contributed by atoms with van der Waals surface area (Å²) in [6, 6.07) is 5.59. The molecule has 2 aromatic rings. The number of amides is 1. The fourth-order valence-electron chi connectivity index (χ4n) is 2.13. The molecule has 0 fully saturated rings. The topological polar surface area (TPSA) is 77.2 Å². The van der Waals surface area contributed by atoms with Crippen LogP contribution in [0.15, 0.2) is 22.7 Å². The van der Waals surface area contributed by atoms with Crippen molar-refractivity contribution in [2.24, 2.45) is 0 Å². The highest BCUT2D eigenvalue weighted by molar-refractivity contribution is 5.74. The number of benzene rings is 1. The molecule has 6 heteroatoms. The van der Waals surface area contributed by atoms with Gasteiger partial charge in [-0.25, -0.2) is 0 Å². The van der Waals surface area contributed by atoms with E-state index in [2.05, 4.69) is 15.5 Å². The molecular weight excluding hydrogens is 246 g/mol. The molecule has 6 nitrogen and oxygen atoms in total. The lowest BCUT2D eigenvalue weighted by Crippen LogP contribution is -2.26. The van der Waals surface area contributed by atoms with Gasteiger partial charge in [0.1, 0.15) is 12.4 Å². The molecule has 0 unspecified atom stereocenters. The molecule has 1 aliphatic rings. The van der Waals surface area contributed by atoms with Gasteiger partial charge in [-0.1, -0.05) is 17.3 Å². The maximum Gasteiger partial charge on any atom is 0.223 e. The normalized spacial score (nSPS) is 16.8. The zero-order valence-electron chi connectivity index (χ0n) is 10.6. The Labute approximate surface area is 109 Å². The quantitative estimate of drug-likeness (QED) is 0.886. The lowest BCUT2D eigenvalue weighted by atomic mass is 10.1. The van der Waals surface area contributed by atoms with Crippen LogP contribution in [0.4, 0.5) is 0 Å². The molecule has 19 heavy (non-hydrogen) atoms. The van der Waals surface area contributed by atoms with Crippen LogP contribution in [0.3, 0.4) is 0 Å². The maximum absolute atomic E-state index is 11.1. The number of ether oxygens (including phenoxy) is 1. The van der Waals surface area contributed by atoms with Gasteiger partial charge in [-0.2, -0.15) is 4.98 Å². The second-order valence-corrected chi connectivity index (χ2v) is 4.45. The number of nitrogens with one attached hydrogen (secondary N) is 1. The van der Waals surface area contributed by atoms with E-state index in [1.54, 1.807) is 6.92 Å². The first-order valence-electron chi connectivity index (χ1n) is 5.98. The third kappa shape index (κ3) is 2.16. The fraction of sp³-hybridized carbons (Fsp3) is 0.308. The first-order valence-corrected chi connectivity index (χ1v) is 5.98. The van der Waals surface area contributed by atoms with Crippen molar-refractivity contribution in [3.05, 3.63) is 29.7 Å². The van der Waals surface area contributed by atoms with E-state index in [9.17, 15) is 4.79 Å². The molecule has 3 rings (SSSR count). The standard InChI is InChI=1S/C13H13N3O3/c1-7(17)14-11-6-18-12-5-9(3-4-10(11)12)13-15-8(2)19-16-13/h3-5,11H,6H2,1-2H3,(H,14,17)/t11-/m1/s1. The molecule has 1 amide bonds. The summed E-state index contributed by atoms with van der Waals surface area (Å²) in [5, 5.41) is 6.72. The van der Waals surface area contributed by atoms with Crippen LogP contribution in [-0.2, 0) is 4.79 Å². The highest BCUT2D eigenvalue weighted by Gasteiger charge is 2.25. The minimum atomic E-state index is -0.0893. The summed E-state index contributed by atoms with van der Waals surface area (Å²) in [6.45, 7) is 3.69. The highest BCUT2D eigenvalue weighted by Crippen LogP contribution is 2.35. The summed E-state index contributed by atoms with van der Waals surface area (Å²) in [5.41, 5.74) is 1.80. The lowest BCUT2D eigenvalue weighted by molar-refractivity contribution is -0.119. The van der Waals surface area contributed by atoms with Gasteiger partial charge in [0.05, 0.1) is 6.04 Å². The molecule has 0 aliphatic carbocycles. The number of aromatic nitrogens is 2. The number of hydrogen-bond donors (Lipinski definition) is 1. The van der Waals surface area contributed by atoms with Crippen molar-refractivity contribution in [2.45, 2.75) is 19.9 Å². The van der Waals surface area contributed by atoms with Crippen LogP contribution in [0.5, 0.6) is 5.75 Å². The predicted octanol–water partition coefficient (Wildman–Crippen LogP) is 1.61. The summed E-state index contributed by atoms with van der Waals surface area (Å²) in [7, 11) is 0. The molecule has 0 saturated heterocycles. The van der Waals surface area contributed by atoms with Gasteiger partial charge < -0.3 is 14.6 Å². The van der Waals surface area contributed by atoms with E-state index in [4.69, 9.17) is 9.26 Å². The van der Waals surface area contributed by atoms with Crippen LogP contribution in [0.25, 0.3) is 11.4 Å². The maximum atomic E-state index is 11.1. The monoisotopic (exact) mass is 259 g/mol. The molecule has 0 radical (unpaired) electrons. The zero-order chi connectivity index (χ0) is 13.4. The van der Waals surface area contributed by atoms with Gasteiger partial charge in [0.15, 0.2) is 0 Å². The summed E-state index contributed by atoms with van der Waals surface area (Å²) in [4.78, 5) is 15.3. The number of aryl methyl sites for hydroxylation is 1. The van der Waals surface area contributed by atoms with E-state index in [-0.39, 0.29) is 11.9 Å². The molecule has 1 aromatic carbocycles. The molecule has 1 N–H and O–H groups in total. The van der Waals surface area contributed by atoms with Crippen LogP contribution in [-0.4, -0.2) is 22.7 Å². The largest absolute Gasteiger partial charge is 0.491 e. The molecular formula is C13H13N3O3. The summed E-state index contributed by atoms with van der Waals surface area (Å²) >= 11 is 0. The van der Waals surface area contributed by atoms with E-state index >= 15 is 0 Å². The van der Waals surface area contributed by atoms with Crippen molar-refractivity contribution >= 4 is 5.91 Å². The van der Waals surface area contributed by atoms with Crippen LogP contribution < -0.4 is 10.1 Å². The Morgan fingerprint density at radius 3 is 3.00 bits per heavy atom. The lowest BCUT2D eigenvalue weighted by Gasteiger charge is -2.09. The van der Waals surface area contributed by atoms with Gasteiger partial charge in [0, 0.05) is 25.0 Å². The van der Waals surface area contributed by atoms with Gasteiger partial charge in [0.25, 0.3) is 0 Å². The molecule has 1 aliphatic heterocycles. The van der Waals surface area contributed by atoms with E-state index in [0.717, 1.165) is 16.9 Å². The molecule has 98 valence electrons. The Balaban J connectivity index is 1.92. The Morgan fingerprint density at radius 2 is 2.32 bits per heavy atom. The van der Waals surface area contributed by atoms with Gasteiger partial charge in [-0.05, 0) is 6.07 Å². The van der Waals surface area contributed by atoms with Crippen LogP contribution in [0.1, 0.15) is 24.4 Å². The van der Waals surface area contributed by atoms with Crippen LogP contribution in [0.2, 0.25) is 0 Å². The number of rotatable bonds is 2. The van der Waals surface area contributed by atoms with Gasteiger partial charge in [0.2, 0.25) is 17.6 Å². The van der Waals surface area contributed by atoms with Crippen LogP contribution >= 0.6 is 0 Å². The highest BCUT2D eigenvalue weighted by atomic mass is 16.5. The number of carbonyl (C=O) groups is 1. The average molecular weight is 259 g/mol. The van der Waals surface area contributed by atoms with E-state index in [0.29, 0.717) is 18.3 Å². The molecule has 0 bridgehead atoms. The van der Waals surface area contributed by atoms with Crippen molar-refractivity contribution in [1.82, 2.24) is 15.5 Å². The van der Waals surface area contributed by atoms with Crippen molar-refractivity contribution < 1.29 is 14.1 Å². The average Bonchev–Trinajstić information content (AvgIpc) is 2.95. The van der Waals surface area contributed by atoms with Crippen molar-refractivity contribution in [3.63, 3.8) is 0 Å².